The van der Waals surface area contributed by atoms with Crippen molar-refractivity contribution in [2.75, 3.05) is 34.5 Å². The van der Waals surface area contributed by atoms with E-state index in [1.807, 2.05) is 24.3 Å². The van der Waals surface area contributed by atoms with Crippen LogP contribution in [-0.4, -0.2) is 49.9 Å². The third-order valence-electron chi connectivity index (χ3n) is 6.90. The number of aromatic nitrogens is 2. The van der Waals surface area contributed by atoms with Crippen molar-refractivity contribution in [3.05, 3.63) is 77.6 Å². The topological polar surface area (TPSA) is 83.8 Å². The molecular formula is C32H39N3O5. The molecule has 1 amide bonds. The number of amides is 1. The Balaban J connectivity index is 1.26. The smallest absolute Gasteiger partial charge is 0.251 e. The number of methoxy groups -OCH3 is 3. The van der Waals surface area contributed by atoms with Crippen LogP contribution in [0.15, 0.2) is 60.7 Å². The Morgan fingerprint density at radius 1 is 0.850 bits per heavy atom. The zero-order valence-corrected chi connectivity index (χ0v) is 23.9. The number of rotatable bonds is 15. The van der Waals surface area contributed by atoms with Gasteiger partial charge in [0, 0.05) is 25.1 Å². The number of carbonyl (C=O) groups excluding carboxylic acids is 1. The fourth-order valence-electron chi connectivity index (χ4n) is 4.79. The van der Waals surface area contributed by atoms with Crippen molar-refractivity contribution >= 4 is 16.9 Å². The number of hydrogen-bond donors (Lipinski definition) is 1. The van der Waals surface area contributed by atoms with Gasteiger partial charge in [0.05, 0.1) is 39.0 Å². The predicted octanol–water partition coefficient (Wildman–Crippen LogP) is 5.98. The van der Waals surface area contributed by atoms with E-state index in [9.17, 15) is 4.79 Å². The SMILES string of the molecule is COc1cc(C(=O)NCCCCCc2nc3ccccc3n2CCCOc2ccccc2C)cc(OC)c1OC. The maximum atomic E-state index is 12.7. The second kappa shape index (κ2) is 14.3. The molecule has 0 aliphatic carbocycles. The molecule has 0 saturated heterocycles. The summed E-state index contributed by atoms with van der Waals surface area (Å²) in [6.07, 6.45) is 4.63. The van der Waals surface area contributed by atoms with Crippen molar-refractivity contribution in [2.45, 2.75) is 45.6 Å². The first-order valence-electron chi connectivity index (χ1n) is 13.8. The zero-order chi connectivity index (χ0) is 28.3. The largest absolute Gasteiger partial charge is 0.493 e. The van der Waals surface area contributed by atoms with Crippen LogP contribution in [0.1, 0.15) is 47.4 Å². The van der Waals surface area contributed by atoms with Crippen molar-refractivity contribution in [1.29, 1.82) is 0 Å². The molecular weight excluding hydrogens is 506 g/mol. The normalized spacial score (nSPS) is 10.9. The predicted molar refractivity (Wildman–Crippen MR) is 157 cm³/mol. The fourth-order valence-corrected chi connectivity index (χ4v) is 4.79. The van der Waals surface area contributed by atoms with E-state index < -0.39 is 0 Å². The minimum absolute atomic E-state index is 0.172. The quantitative estimate of drug-likeness (QED) is 0.185. The summed E-state index contributed by atoms with van der Waals surface area (Å²) < 4.78 is 24.4. The summed E-state index contributed by atoms with van der Waals surface area (Å²) >= 11 is 0. The van der Waals surface area contributed by atoms with Gasteiger partial charge in [-0.15, -0.1) is 0 Å². The van der Waals surface area contributed by atoms with Gasteiger partial charge in [-0.3, -0.25) is 4.79 Å². The third kappa shape index (κ3) is 7.05. The lowest BCUT2D eigenvalue weighted by molar-refractivity contribution is 0.0952. The van der Waals surface area contributed by atoms with Gasteiger partial charge in [0.15, 0.2) is 11.5 Å². The lowest BCUT2D eigenvalue weighted by Gasteiger charge is -2.14. The average molecular weight is 546 g/mol. The van der Waals surface area contributed by atoms with Gasteiger partial charge in [0.25, 0.3) is 5.91 Å². The highest BCUT2D eigenvalue weighted by atomic mass is 16.5. The van der Waals surface area contributed by atoms with Crippen LogP contribution < -0.4 is 24.3 Å². The highest BCUT2D eigenvalue weighted by Crippen LogP contribution is 2.38. The molecule has 0 saturated carbocycles. The van der Waals surface area contributed by atoms with Crippen LogP contribution in [0, 0.1) is 6.92 Å². The molecule has 0 atom stereocenters. The number of para-hydroxylation sites is 3. The number of benzene rings is 3. The average Bonchev–Trinajstić information content (AvgIpc) is 3.34. The van der Waals surface area contributed by atoms with Crippen LogP contribution in [0.3, 0.4) is 0 Å². The van der Waals surface area contributed by atoms with Crippen LogP contribution in [0.25, 0.3) is 11.0 Å². The number of ether oxygens (including phenoxy) is 4. The molecule has 1 N–H and O–H groups in total. The first-order valence-corrected chi connectivity index (χ1v) is 13.8. The Morgan fingerprint density at radius 2 is 1.57 bits per heavy atom. The van der Waals surface area contributed by atoms with Gasteiger partial charge < -0.3 is 28.8 Å². The Bertz CT molecular complexity index is 1390. The maximum absolute atomic E-state index is 12.7. The lowest BCUT2D eigenvalue weighted by Crippen LogP contribution is -2.24. The van der Waals surface area contributed by atoms with Gasteiger partial charge in [-0.1, -0.05) is 36.8 Å². The van der Waals surface area contributed by atoms with Crippen LogP contribution >= 0.6 is 0 Å². The Labute approximate surface area is 236 Å². The Hall–Kier alpha value is -4.20. The van der Waals surface area contributed by atoms with Gasteiger partial charge in [-0.25, -0.2) is 4.98 Å². The van der Waals surface area contributed by atoms with E-state index in [-0.39, 0.29) is 5.91 Å². The van der Waals surface area contributed by atoms with E-state index >= 15 is 0 Å². The van der Waals surface area contributed by atoms with E-state index in [2.05, 4.69) is 41.1 Å². The summed E-state index contributed by atoms with van der Waals surface area (Å²) in [4.78, 5) is 17.6. The highest BCUT2D eigenvalue weighted by molar-refractivity contribution is 5.95. The van der Waals surface area contributed by atoms with Gasteiger partial charge in [-0.2, -0.15) is 0 Å². The number of fused-ring (bicyclic) bond motifs is 1. The number of carbonyl (C=O) groups is 1. The highest BCUT2D eigenvalue weighted by Gasteiger charge is 2.17. The van der Waals surface area contributed by atoms with Gasteiger partial charge in [-0.05, 0) is 62.1 Å². The summed E-state index contributed by atoms with van der Waals surface area (Å²) in [5.41, 5.74) is 3.80. The number of nitrogens with zero attached hydrogens (tertiary/aromatic N) is 2. The Kier molecular flexibility index (Phi) is 10.3. The lowest BCUT2D eigenvalue weighted by atomic mass is 10.1. The fraction of sp³-hybridized carbons (Fsp3) is 0.375. The molecule has 8 heteroatoms. The number of imidazole rings is 1. The molecule has 1 heterocycles. The van der Waals surface area contributed by atoms with Crippen molar-refractivity contribution in [2.24, 2.45) is 0 Å². The van der Waals surface area contributed by atoms with Gasteiger partial charge >= 0.3 is 0 Å². The summed E-state index contributed by atoms with van der Waals surface area (Å²) in [7, 11) is 4.61. The number of hydrogen-bond acceptors (Lipinski definition) is 6. The summed E-state index contributed by atoms with van der Waals surface area (Å²) in [6.45, 7) is 4.16. The van der Waals surface area contributed by atoms with E-state index in [4.69, 9.17) is 23.9 Å². The standard InChI is InChI=1S/C32H39N3O5/c1-23-13-7-10-16-27(23)40-20-12-19-35-26-15-9-8-14-25(26)34-30(35)17-6-5-11-18-33-32(36)24-21-28(37-2)31(39-4)29(22-24)38-3/h7-10,13-16,21-22H,5-6,11-12,17-20H2,1-4H3,(H,33,36). The van der Waals surface area contributed by atoms with Crippen molar-refractivity contribution in [3.8, 4) is 23.0 Å². The monoisotopic (exact) mass is 545 g/mol. The molecule has 0 unspecified atom stereocenters. The van der Waals surface area contributed by atoms with Gasteiger partial charge in [0.1, 0.15) is 11.6 Å². The molecule has 1 aromatic heterocycles. The van der Waals surface area contributed by atoms with Crippen LogP contribution in [0.5, 0.6) is 23.0 Å². The summed E-state index contributed by atoms with van der Waals surface area (Å²) in [5.74, 6) is 3.24. The molecule has 3 aromatic carbocycles. The van der Waals surface area contributed by atoms with Crippen molar-refractivity contribution in [3.63, 3.8) is 0 Å². The molecule has 0 radical (unpaired) electrons. The molecule has 0 bridgehead atoms. The summed E-state index contributed by atoms with van der Waals surface area (Å²) in [5, 5.41) is 3.00. The maximum Gasteiger partial charge on any atom is 0.251 e. The molecule has 0 spiro atoms. The molecule has 8 nitrogen and oxygen atoms in total. The van der Waals surface area contributed by atoms with Crippen LogP contribution in [0.2, 0.25) is 0 Å². The van der Waals surface area contributed by atoms with Crippen LogP contribution in [-0.2, 0) is 13.0 Å². The number of unbranched alkanes of at least 4 members (excludes halogenated alkanes) is 2. The van der Waals surface area contributed by atoms with E-state index in [0.29, 0.717) is 36.0 Å². The minimum atomic E-state index is -0.172. The Morgan fingerprint density at radius 3 is 2.30 bits per heavy atom. The molecule has 0 aliphatic heterocycles. The first-order chi connectivity index (χ1) is 19.5. The first kappa shape index (κ1) is 28.8. The second-order valence-corrected chi connectivity index (χ2v) is 9.62. The number of aryl methyl sites for hydroxylation is 3. The third-order valence-corrected chi connectivity index (χ3v) is 6.90. The van der Waals surface area contributed by atoms with E-state index in [1.165, 1.54) is 21.3 Å². The van der Waals surface area contributed by atoms with Crippen molar-refractivity contribution in [1.82, 2.24) is 14.9 Å². The van der Waals surface area contributed by atoms with E-state index in [0.717, 1.165) is 66.8 Å². The molecule has 4 rings (SSSR count). The molecule has 40 heavy (non-hydrogen) atoms. The molecule has 212 valence electrons. The van der Waals surface area contributed by atoms with Crippen molar-refractivity contribution < 1.29 is 23.7 Å². The molecule has 0 fully saturated rings. The zero-order valence-electron chi connectivity index (χ0n) is 23.9. The molecule has 4 aromatic rings. The second-order valence-electron chi connectivity index (χ2n) is 9.62. The minimum Gasteiger partial charge on any atom is -0.493 e. The van der Waals surface area contributed by atoms with E-state index in [1.54, 1.807) is 12.1 Å². The van der Waals surface area contributed by atoms with Gasteiger partial charge in [0.2, 0.25) is 5.75 Å². The van der Waals surface area contributed by atoms with Crippen LogP contribution in [0.4, 0.5) is 0 Å². The summed E-state index contributed by atoms with van der Waals surface area (Å²) in [6, 6.07) is 19.7. The number of nitrogens with one attached hydrogen (secondary N) is 1. The molecule has 0 aliphatic rings.